The van der Waals surface area contributed by atoms with Gasteiger partial charge in [-0.15, -0.1) is 0 Å². The van der Waals surface area contributed by atoms with Crippen LogP contribution in [0.25, 0.3) is 6.08 Å². The molecular formula is C27H20ClIN2O7S. The molecule has 0 spiro atoms. The molecule has 12 heteroatoms. The number of nitrogens with zero attached hydrogens (tertiary/aromatic N) is 1. The van der Waals surface area contributed by atoms with E-state index in [-0.39, 0.29) is 18.3 Å². The number of thioether (sulfide) groups is 1. The van der Waals surface area contributed by atoms with Gasteiger partial charge in [0.2, 0.25) is 12.7 Å². The Morgan fingerprint density at radius 1 is 1.15 bits per heavy atom. The van der Waals surface area contributed by atoms with Crippen molar-refractivity contribution in [1.29, 1.82) is 0 Å². The molecule has 0 saturated carbocycles. The summed E-state index contributed by atoms with van der Waals surface area (Å²) in [6, 6.07) is 15.9. The van der Waals surface area contributed by atoms with Gasteiger partial charge in [0.1, 0.15) is 13.2 Å². The SMILES string of the molecule is COc1cc(/C=C2/SC(=O)N(CC(=O)Nc3ccc4c(c3)OCO4)C2=O)cc(I)c1OCc1ccccc1Cl. The number of halogens is 2. The fraction of sp³-hybridized carbons (Fsp3) is 0.148. The number of hydrogen-bond acceptors (Lipinski definition) is 8. The minimum atomic E-state index is -0.557. The van der Waals surface area contributed by atoms with Crippen molar-refractivity contribution in [2.24, 2.45) is 0 Å². The number of carbonyl (C=O) groups excluding carboxylic acids is 3. The molecule has 0 unspecified atom stereocenters. The van der Waals surface area contributed by atoms with Crippen LogP contribution in [0, 0.1) is 3.57 Å². The Balaban J connectivity index is 1.27. The molecule has 1 N–H and O–H groups in total. The third-order valence-corrected chi connectivity index (χ3v) is 7.79. The maximum absolute atomic E-state index is 13.0. The van der Waals surface area contributed by atoms with Crippen molar-refractivity contribution < 1.29 is 33.3 Å². The summed E-state index contributed by atoms with van der Waals surface area (Å²) in [5.74, 6) is 1.00. The topological polar surface area (TPSA) is 103 Å². The maximum atomic E-state index is 13.0. The number of ether oxygens (including phenoxy) is 4. The lowest BCUT2D eigenvalue weighted by Crippen LogP contribution is -2.36. The smallest absolute Gasteiger partial charge is 0.294 e. The third kappa shape index (κ3) is 6.10. The van der Waals surface area contributed by atoms with Crippen molar-refractivity contribution in [3.8, 4) is 23.0 Å². The standard InChI is InChI=1S/C27H20ClIN2O7S/c1-35-22-9-15(8-19(29)25(22)36-13-16-4-2-3-5-18(16)28)10-23-26(33)31(27(34)39-23)12-24(32)30-17-6-7-20-21(11-17)38-14-37-20/h2-11H,12-14H2,1H3,(H,30,32)/b23-10+. The van der Waals surface area contributed by atoms with Gasteiger partial charge < -0.3 is 24.3 Å². The lowest BCUT2D eigenvalue weighted by molar-refractivity contribution is -0.127. The van der Waals surface area contributed by atoms with E-state index in [0.717, 1.165) is 25.8 Å². The second-order valence-electron chi connectivity index (χ2n) is 8.30. The molecule has 1 saturated heterocycles. The van der Waals surface area contributed by atoms with Crippen molar-refractivity contribution in [2.75, 3.05) is 25.8 Å². The van der Waals surface area contributed by atoms with Gasteiger partial charge >= 0.3 is 0 Å². The van der Waals surface area contributed by atoms with Gasteiger partial charge in [0, 0.05) is 22.3 Å². The van der Waals surface area contributed by atoms with Crippen LogP contribution in [-0.2, 0) is 16.2 Å². The van der Waals surface area contributed by atoms with Crippen LogP contribution in [0.1, 0.15) is 11.1 Å². The number of methoxy groups -OCH3 is 1. The van der Waals surface area contributed by atoms with Gasteiger partial charge in [0.05, 0.1) is 15.6 Å². The Morgan fingerprint density at radius 3 is 2.74 bits per heavy atom. The number of nitrogens with one attached hydrogen (secondary N) is 1. The number of imide groups is 1. The maximum Gasteiger partial charge on any atom is 0.294 e. The second-order valence-corrected chi connectivity index (χ2v) is 10.9. The van der Waals surface area contributed by atoms with Gasteiger partial charge in [-0.05, 0) is 76.3 Å². The first-order valence-electron chi connectivity index (χ1n) is 11.5. The summed E-state index contributed by atoms with van der Waals surface area (Å²) in [6.07, 6.45) is 1.59. The molecule has 1 fully saturated rings. The molecule has 39 heavy (non-hydrogen) atoms. The predicted molar refractivity (Wildman–Crippen MR) is 155 cm³/mol. The van der Waals surface area contributed by atoms with Crippen molar-refractivity contribution in [2.45, 2.75) is 6.61 Å². The zero-order valence-electron chi connectivity index (χ0n) is 20.4. The number of fused-ring (bicyclic) bond motifs is 1. The number of amides is 3. The quantitative estimate of drug-likeness (QED) is 0.231. The van der Waals surface area contributed by atoms with Crippen LogP contribution in [-0.4, -0.2) is 42.4 Å². The molecule has 0 atom stereocenters. The highest BCUT2D eigenvalue weighted by molar-refractivity contribution is 14.1. The average Bonchev–Trinajstić information content (AvgIpc) is 3.48. The first-order chi connectivity index (χ1) is 18.8. The molecule has 0 aliphatic carbocycles. The highest BCUT2D eigenvalue weighted by atomic mass is 127. The fourth-order valence-corrected chi connectivity index (χ4v) is 5.64. The van der Waals surface area contributed by atoms with Gasteiger partial charge in [-0.1, -0.05) is 29.8 Å². The molecule has 3 aromatic rings. The molecule has 5 rings (SSSR count). The van der Waals surface area contributed by atoms with E-state index in [0.29, 0.717) is 39.3 Å². The van der Waals surface area contributed by atoms with E-state index >= 15 is 0 Å². The van der Waals surface area contributed by atoms with Crippen LogP contribution in [0.3, 0.4) is 0 Å². The molecule has 0 bridgehead atoms. The van der Waals surface area contributed by atoms with E-state index in [1.807, 2.05) is 24.3 Å². The van der Waals surface area contributed by atoms with Gasteiger partial charge in [-0.3, -0.25) is 19.3 Å². The lowest BCUT2D eigenvalue weighted by atomic mass is 10.1. The van der Waals surface area contributed by atoms with Crippen LogP contribution in [0.2, 0.25) is 5.02 Å². The fourth-order valence-electron chi connectivity index (χ4n) is 3.83. The summed E-state index contributed by atoms with van der Waals surface area (Å²) in [6.45, 7) is -0.0657. The molecule has 9 nitrogen and oxygen atoms in total. The molecule has 3 aromatic carbocycles. The highest BCUT2D eigenvalue weighted by Crippen LogP contribution is 2.38. The molecule has 200 valence electrons. The van der Waals surface area contributed by atoms with Gasteiger partial charge in [-0.25, -0.2) is 0 Å². The van der Waals surface area contributed by atoms with Crippen LogP contribution in [0.5, 0.6) is 23.0 Å². The first-order valence-corrected chi connectivity index (χ1v) is 13.8. The van der Waals surface area contributed by atoms with Crippen molar-refractivity contribution >= 4 is 74.8 Å². The largest absolute Gasteiger partial charge is 0.493 e. The number of benzene rings is 3. The van der Waals surface area contributed by atoms with Crippen LogP contribution < -0.4 is 24.3 Å². The van der Waals surface area contributed by atoms with E-state index in [9.17, 15) is 14.4 Å². The Kier molecular flexibility index (Phi) is 8.19. The monoisotopic (exact) mass is 678 g/mol. The molecule has 2 aliphatic rings. The lowest BCUT2D eigenvalue weighted by Gasteiger charge is -2.14. The number of carbonyl (C=O) groups is 3. The molecule has 0 radical (unpaired) electrons. The minimum Gasteiger partial charge on any atom is -0.493 e. The van der Waals surface area contributed by atoms with Crippen molar-refractivity contribution in [1.82, 2.24) is 4.90 Å². The highest BCUT2D eigenvalue weighted by Gasteiger charge is 2.36. The average molecular weight is 679 g/mol. The summed E-state index contributed by atoms with van der Waals surface area (Å²) in [7, 11) is 1.52. The normalized spacial score (nSPS) is 15.2. The van der Waals surface area contributed by atoms with E-state index < -0.39 is 23.6 Å². The van der Waals surface area contributed by atoms with Crippen LogP contribution in [0.4, 0.5) is 10.5 Å². The summed E-state index contributed by atoms with van der Waals surface area (Å²) in [5.41, 5.74) is 1.93. The summed E-state index contributed by atoms with van der Waals surface area (Å²) in [4.78, 5) is 39.2. The third-order valence-electron chi connectivity index (χ3n) is 5.71. The zero-order valence-corrected chi connectivity index (χ0v) is 24.1. The molecule has 3 amide bonds. The van der Waals surface area contributed by atoms with Crippen LogP contribution in [0.15, 0.2) is 59.5 Å². The Labute approximate surface area is 246 Å². The molecule has 2 heterocycles. The summed E-state index contributed by atoms with van der Waals surface area (Å²) in [5, 5.41) is 2.74. The zero-order chi connectivity index (χ0) is 27.5. The van der Waals surface area contributed by atoms with Gasteiger partial charge in [0.15, 0.2) is 23.0 Å². The predicted octanol–water partition coefficient (Wildman–Crippen LogP) is 5.94. The van der Waals surface area contributed by atoms with Gasteiger partial charge in [-0.2, -0.15) is 0 Å². The number of hydrogen-bond donors (Lipinski definition) is 1. The van der Waals surface area contributed by atoms with Crippen molar-refractivity contribution in [3.63, 3.8) is 0 Å². The van der Waals surface area contributed by atoms with E-state index in [2.05, 4.69) is 27.9 Å². The first kappa shape index (κ1) is 27.2. The Bertz CT molecular complexity index is 1510. The van der Waals surface area contributed by atoms with E-state index in [1.165, 1.54) is 7.11 Å². The van der Waals surface area contributed by atoms with Crippen LogP contribution >= 0.6 is 46.0 Å². The number of anilines is 1. The van der Waals surface area contributed by atoms with Gasteiger partial charge in [0.25, 0.3) is 11.1 Å². The molecule has 0 aromatic heterocycles. The molecular weight excluding hydrogens is 659 g/mol. The molecule has 2 aliphatic heterocycles. The minimum absolute atomic E-state index is 0.110. The van der Waals surface area contributed by atoms with Crippen molar-refractivity contribution in [3.05, 3.63) is 79.2 Å². The van der Waals surface area contributed by atoms with E-state index in [1.54, 1.807) is 36.4 Å². The summed E-state index contributed by atoms with van der Waals surface area (Å²) >= 11 is 9.12. The Morgan fingerprint density at radius 2 is 1.95 bits per heavy atom. The second kappa shape index (κ2) is 11.8. The summed E-state index contributed by atoms with van der Waals surface area (Å²) < 4.78 is 22.8. The Hall–Kier alpha value is -3.42. The van der Waals surface area contributed by atoms with E-state index in [4.69, 9.17) is 30.5 Å². The number of rotatable bonds is 8.